The van der Waals surface area contributed by atoms with Crippen LogP contribution in [-0.4, -0.2) is 22.7 Å². The number of carbonyl (C=O) groups is 1. The van der Waals surface area contributed by atoms with E-state index in [0.29, 0.717) is 11.8 Å². The predicted molar refractivity (Wildman–Crippen MR) is 82.9 cm³/mol. The van der Waals surface area contributed by atoms with Gasteiger partial charge in [0.25, 0.3) is 0 Å². The van der Waals surface area contributed by atoms with E-state index in [1.165, 1.54) is 24.6 Å². The van der Waals surface area contributed by atoms with Crippen molar-refractivity contribution in [3.8, 4) is 0 Å². The molecule has 0 aliphatic heterocycles. The van der Waals surface area contributed by atoms with Crippen LogP contribution in [0.4, 0.5) is 0 Å². The molecular formula is C16H18N2OS. The van der Waals surface area contributed by atoms with E-state index >= 15 is 0 Å². The van der Waals surface area contributed by atoms with Crippen LogP contribution in [0.5, 0.6) is 0 Å². The number of nitrogens with zero attached hydrogens (tertiary/aromatic N) is 1. The highest BCUT2D eigenvalue weighted by atomic mass is 32.2. The van der Waals surface area contributed by atoms with Crippen LogP contribution < -0.4 is 5.32 Å². The fourth-order valence-corrected chi connectivity index (χ4v) is 3.30. The summed E-state index contributed by atoms with van der Waals surface area (Å²) in [5, 5.41) is 5.14. The Morgan fingerprint density at radius 2 is 2.00 bits per heavy atom. The molecule has 1 amide bonds. The van der Waals surface area contributed by atoms with E-state index in [9.17, 15) is 4.79 Å². The van der Waals surface area contributed by atoms with E-state index in [4.69, 9.17) is 0 Å². The van der Waals surface area contributed by atoms with Crippen molar-refractivity contribution in [2.45, 2.75) is 36.8 Å². The van der Waals surface area contributed by atoms with E-state index in [0.717, 1.165) is 28.8 Å². The first-order valence-electron chi connectivity index (χ1n) is 7.09. The summed E-state index contributed by atoms with van der Waals surface area (Å²) in [4.78, 5) is 16.4. The third kappa shape index (κ3) is 3.31. The minimum atomic E-state index is 0.122. The first-order chi connectivity index (χ1) is 9.81. The minimum Gasteiger partial charge on any atom is -0.353 e. The van der Waals surface area contributed by atoms with Crippen molar-refractivity contribution in [1.82, 2.24) is 10.3 Å². The quantitative estimate of drug-likeness (QED) is 0.876. The van der Waals surface area contributed by atoms with E-state index in [1.54, 1.807) is 0 Å². The Bertz CT molecular complexity index is 608. The van der Waals surface area contributed by atoms with Gasteiger partial charge in [-0.3, -0.25) is 4.79 Å². The summed E-state index contributed by atoms with van der Waals surface area (Å²) in [5.74, 6) is 0.568. The average Bonchev–Trinajstić information content (AvgIpc) is 2.98. The maximum Gasteiger partial charge on any atom is 0.230 e. The van der Waals surface area contributed by atoms with Gasteiger partial charge >= 0.3 is 0 Å². The maximum absolute atomic E-state index is 11.9. The summed E-state index contributed by atoms with van der Waals surface area (Å²) in [6.07, 6.45) is 4.74. The number of rotatable bonds is 4. The Balaban J connectivity index is 1.57. The van der Waals surface area contributed by atoms with E-state index < -0.39 is 0 Å². The molecule has 3 rings (SSSR count). The molecule has 1 aromatic heterocycles. The lowest BCUT2D eigenvalue weighted by molar-refractivity contribution is -0.119. The summed E-state index contributed by atoms with van der Waals surface area (Å²) in [7, 11) is 0. The molecule has 4 heteroatoms. The van der Waals surface area contributed by atoms with Gasteiger partial charge in [-0.2, -0.15) is 0 Å². The van der Waals surface area contributed by atoms with Gasteiger partial charge in [0.05, 0.1) is 16.3 Å². The fourth-order valence-electron chi connectivity index (χ4n) is 2.61. The zero-order valence-corrected chi connectivity index (χ0v) is 12.2. The molecule has 0 saturated heterocycles. The fraction of sp³-hybridized carbons (Fsp3) is 0.375. The number of nitrogens with one attached hydrogen (secondary N) is 1. The van der Waals surface area contributed by atoms with Gasteiger partial charge in [0.15, 0.2) is 0 Å². The molecule has 0 unspecified atom stereocenters. The lowest BCUT2D eigenvalue weighted by Crippen LogP contribution is -2.33. The van der Waals surface area contributed by atoms with Crippen molar-refractivity contribution in [1.29, 1.82) is 0 Å². The molecule has 0 radical (unpaired) electrons. The molecule has 0 atom stereocenters. The van der Waals surface area contributed by atoms with E-state index in [1.807, 2.05) is 30.3 Å². The van der Waals surface area contributed by atoms with Crippen LogP contribution >= 0.6 is 11.8 Å². The third-order valence-electron chi connectivity index (χ3n) is 3.64. The van der Waals surface area contributed by atoms with Gasteiger partial charge in [-0.05, 0) is 25.0 Å². The minimum absolute atomic E-state index is 0.122. The van der Waals surface area contributed by atoms with Crippen LogP contribution in [0.1, 0.15) is 25.7 Å². The van der Waals surface area contributed by atoms with Crippen molar-refractivity contribution in [2.24, 2.45) is 0 Å². The smallest absolute Gasteiger partial charge is 0.230 e. The molecule has 3 nitrogen and oxygen atoms in total. The van der Waals surface area contributed by atoms with Crippen molar-refractivity contribution < 1.29 is 4.79 Å². The number of para-hydroxylation sites is 1. The summed E-state index contributed by atoms with van der Waals surface area (Å²) in [5.41, 5.74) is 0.980. The number of hydrogen-bond donors (Lipinski definition) is 1. The van der Waals surface area contributed by atoms with Crippen LogP contribution in [0.3, 0.4) is 0 Å². The molecule has 104 valence electrons. The average molecular weight is 286 g/mol. The lowest BCUT2D eigenvalue weighted by Gasteiger charge is -2.11. The maximum atomic E-state index is 11.9. The number of carbonyl (C=O) groups excluding carboxylic acids is 1. The third-order valence-corrected chi connectivity index (χ3v) is 4.57. The molecule has 1 heterocycles. The normalized spacial score (nSPS) is 15.6. The second-order valence-corrected chi connectivity index (χ2v) is 6.18. The molecule has 2 aromatic rings. The largest absolute Gasteiger partial charge is 0.353 e. The molecule has 0 bridgehead atoms. The Labute approximate surface area is 123 Å². The van der Waals surface area contributed by atoms with Gasteiger partial charge in [-0.1, -0.05) is 48.9 Å². The molecule has 1 N–H and O–H groups in total. The van der Waals surface area contributed by atoms with E-state index in [2.05, 4.69) is 16.4 Å². The Kier molecular flexibility index (Phi) is 4.21. The van der Waals surface area contributed by atoms with Crippen LogP contribution in [0, 0.1) is 0 Å². The summed E-state index contributed by atoms with van der Waals surface area (Å²) >= 11 is 1.50. The predicted octanol–water partition coefficient (Wildman–Crippen LogP) is 3.39. The highest BCUT2D eigenvalue weighted by Crippen LogP contribution is 2.21. The molecular weight excluding hydrogens is 268 g/mol. The molecule has 20 heavy (non-hydrogen) atoms. The Morgan fingerprint density at radius 1 is 1.20 bits per heavy atom. The molecule has 0 spiro atoms. The van der Waals surface area contributed by atoms with Gasteiger partial charge < -0.3 is 5.32 Å². The molecule has 1 aliphatic rings. The zero-order valence-electron chi connectivity index (χ0n) is 11.3. The monoisotopic (exact) mass is 286 g/mol. The summed E-state index contributed by atoms with van der Waals surface area (Å²) in [6.45, 7) is 0. The topological polar surface area (TPSA) is 42.0 Å². The first kappa shape index (κ1) is 13.4. The van der Waals surface area contributed by atoms with Crippen LogP contribution in [-0.2, 0) is 4.79 Å². The summed E-state index contributed by atoms with van der Waals surface area (Å²) < 4.78 is 0. The van der Waals surface area contributed by atoms with Crippen molar-refractivity contribution in [3.63, 3.8) is 0 Å². The van der Waals surface area contributed by atoms with Crippen LogP contribution in [0.2, 0.25) is 0 Å². The second-order valence-electron chi connectivity index (χ2n) is 5.18. The number of amides is 1. The number of fused-ring (bicyclic) bond motifs is 1. The van der Waals surface area contributed by atoms with Crippen molar-refractivity contribution in [2.75, 3.05) is 5.75 Å². The standard InChI is InChI=1S/C16H18N2OS/c19-15(17-13-6-2-3-7-13)11-20-16-10-9-12-5-1-4-8-14(12)18-16/h1,4-5,8-10,13H,2-3,6-7,11H2,(H,17,19). The Morgan fingerprint density at radius 3 is 2.85 bits per heavy atom. The molecule has 1 saturated carbocycles. The number of thioether (sulfide) groups is 1. The van der Waals surface area contributed by atoms with E-state index in [-0.39, 0.29) is 5.91 Å². The Hall–Kier alpha value is -1.55. The molecule has 1 aliphatic carbocycles. The van der Waals surface area contributed by atoms with Gasteiger partial charge in [0.1, 0.15) is 0 Å². The highest BCUT2D eigenvalue weighted by molar-refractivity contribution is 7.99. The van der Waals surface area contributed by atoms with Crippen molar-refractivity contribution >= 4 is 28.6 Å². The molecule has 1 aromatic carbocycles. The molecule has 1 fully saturated rings. The number of pyridine rings is 1. The van der Waals surface area contributed by atoms with Crippen molar-refractivity contribution in [3.05, 3.63) is 36.4 Å². The SMILES string of the molecule is O=C(CSc1ccc2ccccc2n1)NC1CCCC1. The number of aromatic nitrogens is 1. The van der Waals surface area contributed by atoms with Crippen LogP contribution in [0.15, 0.2) is 41.4 Å². The first-order valence-corrected chi connectivity index (χ1v) is 8.08. The second kappa shape index (κ2) is 6.27. The van der Waals surface area contributed by atoms with Gasteiger partial charge in [0, 0.05) is 11.4 Å². The summed E-state index contributed by atoms with van der Waals surface area (Å²) in [6, 6.07) is 12.5. The zero-order chi connectivity index (χ0) is 13.8. The number of benzene rings is 1. The van der Waals surface area contributed by atoms with Gasteiger partial charge in [-0.25, -0.2) is 4.98 Å². The highest BCUT2D eigenvalue weighted by Gasteiger charge is 2.17. The number of hydrogen-bond acceptors (Lipinski definition) is 3. The van der Waals surface area contributed by atoms with Crippen LogP contribution in [0.25, 0.3) is 10.9 Å². The van der Waals surface area contributed by atoms with Gasteiger partial charge in [-0.15, -0.1) is 0 Å². The van der Waals surface area contributed by atoms with Gasteiger partial charge in [0.2, 0.25) is 5.91 Å². The lowest BCUT2D eigenvalue weighted by atomic mass is 10.2.